The number of fused-ring (bicyclic) bond motifs is 1. The van der Waals surface area contributed by atoms with E-state index in [0.29, 0.717) is 11.5 Å². The van der Waals surface area contributed by atoms with Gasteiger partial charge in [0.25, 0.3) is 0 Å². The molecule has 0 radical (unpaired) electrons. The molecule has 94 valence electrons. The number of benzene rings is 1. The van der Waals surface area contributed by atoms with E-state index >= 15 is 0 Å². The van der Waals surface area contributed by atoms with Crippen LogP contribution in [0, 0.1) is 5.41 Å². The van der Waals surface area contributed by atoms with E-state index in [9.17, 15) is 0 Å². The Morgan fingerprint density at radius 2 is 2.11 bits per heavy atom. The molecule has 3 aliphatic heterocycles. The minimum Gasteiger partial charge on any atom is -0.362 e. The second kappa shape index (κ2) is 3.46. The van der Waals surface area contributed by atoms with Gasteiger partial charge in [-0.1, -0.05) is 49.4 Å². The van der Waals surface area contributed by atoms with Crippen molar-refractivity contribution in [1.29, 1.82) is 0 Å². The van der Waals surface area contributed by atoms with Gasteiger partial charge in [0.15, 0.2) is 0 Å². The Hall–Kier alpha value is -1.12. The third-order valence-corrected chi connectivity index (χ3v) is 4.90. The van der Waals surface area contributed by atoms with Gasteiger partial charge in [-0.15, -0.1) is 0 Å². The standard InChI is InChI=1S/C16H19NO/c1-15-9-14-7-8-16(15,18-14)12-17(11-15)10-13-5-3-2-4-6-13/h2-8,14H,9-12H2,1H3/t14-,15+,16-/m0/s1. The lowest BCUT2D eigenvalue weighted by molar-refractivity contribution is 0.00617. The Labute approximate surface area is 108 Å². The first-order valence-electron chi connectivity index (χ1n) is 6.83. The van der Waals surface area contributed by atoms with Gasteiger partial charge >= 0.3 is 0 Å². The zero-order valence-electron chi connectivity index (χ0n) is 10.8. The molecule has 0 amide bonds. The van der Waals surface area contributed by atoms with Crippen molar-refractivity contribution in [3.63, 3.8) is 0 Å². The van der Waals surface area contributed by atoms with E-state index in [-0.39, 0.29) is 5.60 Å². The zero-order chi connectivity index (χ0) is 12.2. The number of hydrogen-bond acceptors (Lipinski definition) is 2. The van der Waals surface area contributed by atoms with E-state index in [1.54, 1.807) is 0 Å². The molecule has 18 heavy (non-hydrogen) atoms. The van der Waals surface area contributed by atoms with Crippen LogP contribution < -0.4 is 0 Å². The molecular formula is C16H19NO. The molecule has 0 aromatic heterocycles. The van der Waals surface area contributed by atoms with Gasteiger partial charge in [0, 0.05) is 25.0 Å². The number of ether oxygens (including phenoxy) is 1. The Balaban J connectivity index is 1.56. The SMILES string of the molecule is C[C@]12C[C@@H]3C=C[C@@]1(CN(Cc1ccccc1)C2)O3. The fraction of sp³-hybridized carbons (Fsp3) is 0.500. The number of nitrogens with zero attached hydrogens (tertiary/aromatic N) is 1. The van der Waals surface area contributed by atoms with Gasteiger partial charge < -0.3 is 4.74 Å². The third kappa shape index (κ3) is 1.36. The molecular weight excluding hydrogens is 222 g/mol. The van der Waals surface area contributed by atoms with Crippen LogP contribution in [0.4, 0.5) is 0 Å². The Kier molecular flexibility index (Phi) is 2.07. The molecule has 1 spiro atoms. The third-order valence-electron chi connectivity index (χ3n) is 4.90. The molecule has 1 aromatic rings. The molecule has 0 N–H and O–H groups in total. The van der Waals surface area contributed by atoms with E-state index < -0.39 is 0 Å². The summed E-state index contributed by atoms with van der Waals surface area (Å²) in [6.07, 6.45) is 6.16. The maximum absolute atomic E-state index is 6.20. The molecule has 0 saturated carbocycles. The molecule has 4 rings (SSSR count). The van der Waals surface area contributed by atoms with Crippen molar-refractivity contribution in [2.24, 2.45) is 5.41 Å². The smallest absolute Gasteiger partial charge is 0.106 e. The fourth-order valence-electron chi connectivity index (χ4n) is 4.00. The summed E-state index contributed by atoms with van der Waals surface area (Å²) in [5, 5.41) is 0. The van der Waals surface area contributed by atoms with Crippen molar-refractivity contribution in [1.82, 2.24) is 4.90 Å². The van der Waals surface area contributed by atoms with E-state index in [2.05, 4.69) is 54.3 Å². The van der Waals surface area contributed by atoms with Gasteiger partial charge in [-0.3, -0.25) is 4.90 Å². The highest BCUT2D eigenvalue weighted by atomic mass is 16.5. The van der Waals surface area contributed by atoms with Crippen LogP contribution in [-0.4, -0.2) is 29.7 Å². The maximum Gasteiger partial charge on any atom is 0.106 e. The van der Waals surface area contributed by atoms with Gasteiger partial charge in [-0.05, 0) is 12.0 Å². The molecule has 2 saturated heterocycles. The van der Waals surface area contributed by atoms with Crippen LogP contribution in [0.3, 0.4) is 0 Å². The molecule has 2 fully saturated rings. The monoisotopic (exact) mass is 241 g/mol. The van der Waals surface area contributed by atoms with Gasteiger partial charge in [0.2, 0.25) is 0 Å². The average Bonchev–Trinajstić information content (AvgIpc) is 2.92. The van der Waals surface area contributed by atoms with Crippen molar-refractivity contribution in [2.45, 2.75) is 31.6 Å². The highest BCUT2D eigenvalue weighted by Crippen LogP contribution is 2.56. The van der Waals surface area contributed by atoms with Crippen LogP contribution in [-0.2, 0) is 11.3 Å². The first-order chi connectivity index (χ1) is 8.69. The first kappa shape index (κ1) is 10.8. The highest BCUT2D eigenvalue weighted by Gasteiger charge is 2.62. The first-order valence-corrected chi connectivity index (χ1v) is 6.83. The predicted molar refractivity (Wildman–Crippen MR) is 71.2 cm³/mol. The van der Waals surface area contributed by atoms with Crippen LogP contribution in [0.25, 0.3) is 0 Å². The largest absolute Gasteiger partial charge is 0.362 e. The van der Waals surface area contributed by atoms with Crippen LogP contribution >= 0.6 is 0 Å². The molecule has 0 aliphatic carbocycles. The molecule has 2 nitrogen and oxygen atoms in total. The summed E-state index contributed by atoms with van der Waals surface area (Å²) in [6, 6.07) is 10.7. The Morgan fingerprint density at radius 3 is 2.83 bits per heavy atom. The van der Waals surface area contributed by atoms with Crippen LogP contribution in [0.15, 0.2) is 42.5 Å². The van der Waals surface area contributed by atoms with E-state index in [1.165, 1.54) is 12.0 Å². The average molecular weight is 241 g/mol. The number of likely N-dealkylation sites (tertiary alicyclic amines) is 1. The predicted octanol–water partition coefficient (Wildman–Crippen LogP) is 2.61. The second-order valence-corrected chi connectivity index (χ2v) is 6.30. The van der Waals surface area contributed by atoms with Gasteiger partial charge in [-0.2, -0.15) is 0 Å². The van der Waals surface area contributed by atoms with Crippen molar-refractivity contribution in [3.05, 3.63) is 48.0 Å². The summed E-state index contributed by atoms with van der Waals surface area (Å²) in [5.41, 5.74) is 1.73. The van der Waals surface area contributed by atoms with Crippen molar-refractivity contribution >= 4 is 0 Å². The normalized spacial score (nSPS) is 41.5. The highest BCUT2D eigenvalue weighted by molar-refractivity contribution is 5.29. The van der Waals surface area contributed by atoms with Crippen LogP contribution in [0.1, 0.15) is 18.9 Å². The summed E-state index contributed by atoms with van der Waals surface area (Å²) in [5.74, 6) is 0. The molecule has 2 bridgehead atoms. The van der Waals surface area contributed by atoms with Gasteiger partial charge in [0.05, 0.1) is 6.10 Å². The number of hydrogen-bond donors (Lipinski definition) is 0. The summed E-state index contributed by atoms with van der Waals surface area (Å²) in [4.78, 5) is 2.54. The van der Waals surface area contributed by atoms with E-state index in [4.69, 9.17) is 4.74 Å². The Bertz CT molecular complexity index is 497. The lowest BCUT2D eigenvalue weighted by Crippen LogP contribution is -2.39. The van der Waals surface area contributed by atoms with Gasteiger partial charge in [-0.25, -0.2) is 0 Å². The van der Waals surface area contributed by atoms with E-state index in [0.717, 1.165) is 19.6 Å². The molecule has 1 aromatic carbocycles. The van der Waals surface area contributed by atoms with Crippen molar-refractivity contribution in [3.8, 4) is 0 Å². The van der Waals surface area contributed by atoms with Crippen molar-refractivity contribution in [2.75, 3.05) is 13.1 Å². The molecule has 3 aliphatic rings. The summed E-state index contributed by atoms with van der Waals surface area (Å²) in [7, 11) is 0. The molecule has 0 unspecified atom stereocenters. The Morgan fingerprint density at radius 1 is 1.28 bits per heavy atom. The molecule has 3 atom stereocenters. The topological polar surface area (TPSA) is 12.5 Å². The fourth-order valence-corrected chi connectivity index (χ4v) is 4.00. The lowest BCUT2D eigenvalue weighted by atomic mass is 9.72. The second-order valence-electron chi connectivity index (χ2n) is 6.30. The maximum atomic E-state index is 6.20. The van der Waals surface area contributed by atoms with Crippen LogP contribution in [0.5, 0.6) is 0 Å². The minimum atomic E-state index is 0.00640. The molecule has 3 heterocycles. The number of rotatable bonds is 2. The summed E-state index contributed by atoms with van der Waals surface area (Å²) >= 11 is 0. The lowest BCUT2D eigenvalue weighted by Gasteiger charge is -2.31. The summed E-state index contributed by atoms with van der Waals surface area (Å²) in [6.45, 7) is 5.63. The zero-order valence-corrected chi connectivity index (χ0v) is 10.8. The van der Waals surface area contributed by atoms with Crippen molar-refractivity contribution < 1.29 is 4.74 Å². The van der Waals surface area contributed by atoms with E-state index in [1.807, 2.05) is 0 Å². The van der Waals surface area contributed by atoms with Gasteiger partial charge in [0.1, 0.15) is 5.60 Å². The summed E-state index contributed by atoms with van der Waals surface area (Å²) < 4.78 is 6.20. The van der Waals surface area contributed by atoms with Crippen LogP contribution in [0.2, 0.25) is 0 Å². The minimum absolute atomic E-state index is 0.00640. The quantitative estimate of drug-likeness (QED) is 0.738. The molecule has 2 heteroatoms.